The molecule has 0 aliphatic carbocycles. The lowest BCUT2D eigenvalue weighted by Crippen LogP contribution is -2.55. The van der Waals surface area contributed by atoms with Gasteiger partial charge in [0, 0.05) is 0 Å². The lowest BCUT2D eigenvalue weighted by molar-refractivity contribution is 0.932. The second-order valence-corrected chi connectivity index (χ2v) is 39.9. The van der Waals surface area contributed by atoms with E-state index in [0.717, 1.165) is 0 Å². The zero-order valence-corrected chi connectivity index (χ0v) is 27.6. The van der Waals surface area contributed by atoms with E-state index in [1.807, 2.05) is 0 Å². The number of hydrogen-bond donors (Lipinski definition) is 0. The SMILES string of the molecule is CCC[Si](CCC)(CCC)P([Si](CCC)(CCC)CCC)[Si](CCC)(CCC)CCC. The van der Waals surface area contributed by atoms with Gasteiger partial charge in [-0.15, -0.1) is 6.57 Å². The van der Waals surface area contributed by atoms with E-state index in [9.17, 15) is 0 Å². The van der Waals surface area contributed by atoms with E-state index >= 15 is 0 Å². The van der Waals surface area contributed by atoms with Crippen LogP contribution in [0, 0.1) is 0 Å². The van der Waals surface area contributed by atoms with Gasteiger partial charge in [-0.25, -0.2) is 0 Å². The second kappa shape index (κ2) is 17.5. The van der Waals surface area contributed by atoms with Crippen molar-refractivity contribution in [3.05, 3.63) is 0 Å². The van der Waals surface area contributed by atoms with Crippen molar-refractivity contribution in [3.63, 3.8) is 0 Å². The van der Waals surface area contributed by atoms with Crippen molar-refractivity contribution in [1.82, 2.24) is 0 Å². The first kappa shape index (κ1) is 32.1. The maximum Gasteiger partial charge on any atom is 0.0733 e. The van der Waals surface area contributed by atoms with Gasteiger partial charge in [0.1, 0.15) is 0 Å². The average Bonchev–Trinajstić information content (AvgIpc) is 2.70. The van der Waals surface area contributed by atoms with Gasteiger partial charge in [-0.2, -0.15) is 0 Å². The first-order valence-corrected chi connectivity index (χ1v) is 26.4. The molecule has 31 heavy (non-hydrogen) atoms. The van der Waals surface area contributed by atoms with Gasteiger partial charge in [0.2, 0.25) is 0 Å². The molecule has 0 radical (unpaired) electrons. The molecule has 0 aromatic heterocycles. The molecule has 0 amide bonds. The van der Waals surface area contributed by atoms with Crippen molar-refractivity contribution >= 4 is 29.8 Å². The largest absolute Gasteiger partial charge is 0.138 e. The van der Waals surface area contributed by atoms with E-state index in [4.69, 9.17) is 0 Å². The van der Waals surface area contributed by atoms with E-state index < -0.39 is 23.2 Å². The maximum absolute atomic E-state index is 2.55. The van der Waals surface area contributed by atoms with E-state index in [2.05, 4.69) is 62.3 Å². The molecule has 0 rings (SSSR count). The van der Waals surface area contributed by atoms with Crippen molar-refractivity contribution in [2.75, 3.05) is 0 Å². The molecule has 0 aromatic carbocycles. The van der Waals surface area contributed by atoms with Gasteiger partial charge in [-0.1, -0.05) is 174 Å². The third-order valence-corrected chi connectivity index (χ3v) is 63.8. The normalized spacial score (nSPS) is 13.4. The molecule has 0 aliphatic heterocycles. The Bertz CT molecular complexity index is 314. The van der Waals surface area contributed by atoms with Crippen LogP contribution < -0.4 is 0 Å². The van der Waals surface area contributed by atoms with E-state index in [0.29, 0.717) is 6.57 Å². The Hall–Kier alpha value is 1.08. The molecule has 0 nitrogen and oxygen atoms in total. The molecule has 0 N–H and O–H groups in total. The molecular weight excluding hydrogens is 440 g/mol. The highest BCUT2D eigenvalue weighted by Gasteiger charge is 2.58. The minimum absolute atomic E-state index is 0.360. The van der Waals surface area contributed by atoms with Crippen LogP contribution in [0.5, 0.6) is 0 Å². The Morgan fingerprint density at radius 3 is 0.516 bits per heavy atom. The summed E-state index contributed by atoms with van der Waals surface area (Å²) >= 11 is 0. The summed E-state index contributed by atoms with van der Waals surface area (Å²) in [6.45, 7) is 23.3. The Kier molecular flexibility index (Phi) is 18.1. The van der Waals surface area contributed by atoms with Crippen LogP contribution in [0.2, 0.25) is 54.4 Å². The smallest absolute Gasteiger partial charge is 0.0733 e. The Balaban J connectivity index is 7.25. The highest BCUT2D eigenvalue weighted by molar-refractivity contribution is 8.37. The molecular formula is C27H63PSi3. The second-order valence-electron chi connectivity index (χ2n) is 10.8. The van der Waals surface area contributed by atoms with Crippen LogP contribution in [0.3, 0.4) is 0 Å². The molecule has 0 fully saturated rings. The topological polar surface area (TPSA) is 0 Å². The lowest BCUT2D eigenvalue weighted by Gasteiger charge is -2.59. The minimum Gasteiger partial charge on any atom is -0.138 e. The quantitative estimate of drug-likeness (QED) is 0.108. The van der Waals surface area contributed by atoms with Crippen LogP contribution in [-0.4, -0.2) is 23.2 Å². The molecule has 0 unspecified atom stereocenters. The zero-order chi connectivity index (χ0) is 23.8. The fourth-order valence-corrected chi connectivity index (χ4v) is 89.9. The Labute approximate surface area is 203 Å². The average molecular weight is 503 g/mol. The van der Waals surface area contributed by atoms with Gasteiger partial charge in [0.05, 0.1) is 23.2 Å². The molecule has 0 saturated heterocycles. The van der Waals surface area contributed by atoms with Crippen molar-refractivity contribution in [1.29, 1.82) is 0 Å². The summed E-state index contributed by atoms with van der Waals surface area (Å²) in [6.07, 6.45) is 13.3. The Morgan fingerprint density at radius 2 is 0.419 bits per heavy atom. The zero-order valence-electron chi connectivity index (χ0n) is 23.7. The van der Waals surface area contributed by atoms with Gasteiger partial charge in [-0.05, 0) is 0 Å². The summed E-state index contributed by atoms with van der Waals surface area (Å²) in [5.74, 6) is 0. The van der Waals surface area contributed by atoms with Gasteiger partial charge < -0.3 is 0 Å². The van der Waals surface area contributed by atoms with Crippen LogP contribution in [0.1, 0.15) is 120 Å². The summed E-state index contributed by atoms with van der Waals surface area (Å²) in [5.41, 5.74) is 0. The van der Waals surface area contributed by atoms with Crippen LogP contribution in [0.4, 0.5) is 0 Å². The number of rotatable bonds is 21. The molecule has 0 aromatic rings. The van der Waals surface area contributed by atoms with Crippen molar-refractivity contribution in [3.8, 4) is 0 Å². The summed E-state index contributed by atoms with van der Waals surface area (Å²) < 4.78 is 0. The molecule has 0 spiro atoms. The summed E-state index contributed by atoms with van der Waals surface area (Å²) in [5, 5.41) is 0. The minimum atomic E-state index is -1.23. The summed E-state index contributed by atoms with van der Waals surface area (Å²) in [7, 11) is -3.69. The van der Waals surface area contributed by atoms with E-state index in [-0.39, 0.29) is 0 Å². The van der Waals surface area contributed by atoms with Gasteiger partial charge >= 0.3 is 0 Å². The summed E-state index contributed by atoms with van der Waals surface area (Å²) in [6, 6.07) is 15.2. The molecule has 0 atom stereocenters. The van der Waals surface area contributed by atoms with Crippen LogP contribution in [0.25, 0.3) is 0 Å². The number of hydrogen-bond acceptors (Lipinski definition) is 0. The molecule has 0 aliphatic rings. The molecule has 188 valence electrons. The first-order chi connectivity index (χ1) is 14.9. The third-order valence-electron chi connectivity index (χ3n) is 7.86. The van der Waals surface area contributed by atoms with E-state index in [1.54, 1.807) is 54.4 Å². The van der Waals surface area contributed by atoms with Crippen LogP contribution in [0.15, 0.2) is 0 Å². The fraction of sp³-hybridized carbons (Fsp3) is 1.00. The highest BCUT2D eigenvalue weighted by atomic mass is 31.8. The summed E-state index contributed by atoms with van der Waals surface area (Å²) in [4.78, 5) is 0. The van der Waals surface area contributed by atoms with Crippen molar-refractivity contribution in [2.24, 2.45) is 0 Å². The molecule has 0 heterocycles. The first-order valence-electron chi connectivity index (χ1n) is 14.7. The monoisotopic (exact) mass is 502 g/mol. The van der Waals surface area contributed by atoms with Crippen molar-refractivity contribution in [2.45, 2.75) is 174 Å². The maximum atomic E-state index is 2.55. The van der Waals surface area contributed by atoms with Crippen LogP contribution >= 0.6 is 6.57 Å². The third kappa shape index (κ3) is 8.66. The van der Waals surface area contributed by atoms with Gasteiger partial charge in [0.15, 0.2) is 0 Å². The highest BCUT2D eigenvalue weighted by Crippen LogP contribution is 2.73. The standard InChI is InChI=1S/C27H63PSi3/c1-10-19-29(20-11-2,21-12-3)28(30(22-13-4,23-14-5)24-15-6)31(25-16-7,26-17-8)27-18-9/h10-27H2,1-9H3. The predicted molar refractivity (Wildman–Crippen MR) is 160 cm³/mol. The van der Waals surface area contributed by atoms with E-state index in [1.165, 1.54) is 57.8 Å². The molecule has 4 heteroatoms. The van der Waals surface area contributed by atoms with Crippen molar-refractivity contribution < 1.29 is 0 Å². The molecule has 0 saturated carbocycles. The van der Waals surface area contributed by atoms with Gasteiger partial charge in [-0.3, -0.25) is 0 Å². The fourth-order valence-electron chi connectivity index (χ4n) is 7.83. The van der Waals surface area contributed by atoms with Crippen LogP contribution in [-0.2, 0) is 0 Å². The molecule has 0 bridgehead atoms. The van der Waals surface area contributed by atoms with Gasteiger partial charge in [0.25, 0.3) is 0 Å². The predicted octanol–water partition coefficient (Wildman–Crippen LogP) is 12.0. The Morgan fingerprint density at radius 1 is 0.290 bits per heavy atom. The lowest BCUT2D eigenvalue weighted by atomic mass is 10.6.